The molecule has 1 rings (SSSR count). The fourth-order valence-electron chi connectivity index (χ4n) is 1.54. The number of urea groups is 1. The van der Waals surface area contributed by atoms with Crippen LogP contribution < -0.4 is 5.32 Å². The number of carbonyl (C=O) groups is 1. The molecule has 0 aliphatic carbocycles. The number of alkyl halides is 1. The van der Waals surface area contributed by atoms with Crippen LogP contribution in [0.3, 0.4) is 0 Å². The summed E-state index contributed by atoms with van der Waals surface area (Å²) in [5.74, 6) is 0.486. The molecule has 0 saturated carbocycles. The van der Waals surface area contributed by atoms with Gasteiger partial charge in [-0.05, 0) is 12.8 Å². The first kappa shape index (κ1) is 10.6. The van der Waals surface area contributed by atoms with E-state index in [1.54, 1.807) is 0 Å². The number of likely N-dealkylation sites (tertiary alicyclic amines) is 1. The van der Waals surface area contributed by atoms with Crippen LogP contribution in [-0.2, 0) is 0 Å². The van der Waals surface area contributed by atoms with Gasteiger partial charge in [0.15, 0.2) is 0 Å². The van der Waals surface area contributed by atoms with Gasteiger partial charge < -0.3 is 10.2 Å². The lowest BCUT2D eigenvalue weighted by Gasteiger charge is -2.20. The Labute approximate surface area is 84.4 Å². The van der Waals surface area contributed by atoms with Crippen molar-refractivity contribution >= 4 is 17.6 Å². The zero-order valence-corrected chi connectivity index (χ0v) is 8.65. The van der Waals surface area contributed by atoms with Crippen LogP contribution in [-0.4, -0.2) is 36.4 Å². The van der Waals surface area contributed by atoms with Crippen LogP contribution >= 0.6 is 11.6 Å². The highest BCUT2D eigenvalue weighted by Gasteiger charge is 2.13. The van der Waals surface area contributed by atoms with E-state index in [0.717, 1.165) is 25.9 Å². The van der Waals surface area contributed by atoms with Gasteiger partial charge in [0, 0.05) is 25.5 Å². The lowest BCUT2D eigenvalue weighted by atomic mass is 10.2. The molecule has 0 aromatic carbocycles. The van der Waals surface area contributed by atoms with Gasteiger partial charge in [0.2, 0.25) is 0 Å². The maximum atomic E-state index is 11.5. The highest BCUT2D eigenvalue weighted by Crippen LogP contribution is 2.09. The Kier molecular flexibility index (Phi) is 4.98. The first-order valence-electron chi connectivity index (χ1n) is 4.93. The van der Waals surface area contributed by atoms with Gasteiger partial charge in [-0.2, -0.15) is 0 Å². The third-order valence-corrected chi connectivity index (χ3v) is 2.45. The zero-order chi connectivity index (χ0) is 9.52. The molecule has 1 aliphatic heterocycles. The molecule has 0 aromatic rings. The van der Waals surface area contributed by atoms with Crippen molar-refractivity contribution in [1.82, 2.24) is 10.2 Å². The van der Waals surface area contributed by atoms with Crippen LogP contribution in [0.1, 0.15) is 25.7 Å². The molecule has 0 unspecified atom stereocenters. The summed E-state index contributed by atoms with van der Waals surface area (Å²) in [5, 5.41) is 2.78. The van der Waals surface area contributed by atoms with Crippen LogP contribution in [0.5, 0.6) is 0 Å². The van der Waals surface area contributed by atoms with Crippen molar-refractivity contribution in [2.45, 2.75) is 25.7 Å². The molecule has 0 bridgehead atoms. The van der Waals surface area contributed by atoms with Crippen LogP contribution in [0.15, 0.2) is 0 Å². The standard InChI is InChI=1S/C9H17ClN2O/c10-5-6-11-9(13)12-7-3-1-2-4-8-12/h1-8H2,(H,11,13). The first-order chi connectivity index (χ1) is 6.34. The normalized spacial score (nSPS) is 18.1. The Balaban J connectivity index is 2.26. The van der Waals surface area contributed by atoms with Crippen molar-refractivity contribution < 1.29 is 4.79 Å². The average molecular weight is 205 g/mol. The van der Waals surface area contributed by atoms with Gasteiger partial charge in [0.25, 0.3) is 0 Å². The fourth-order valence-corrected chi connectivity index (χ4v) is 1.63. The maximum absolute atomic E-state index is 11.5. The van der Waals surface area contributed by atoms with Crippen LogP contribution in [0.2, 0.25) is 0 Å². The number of halogens is 1. The molecular weight excluding hydrogens is 188 g/mol. The van der Waals surface area contributed by atoms with Gasteiger partial charge in [-0.25, -0.2) is 4.79 Å². The fraction of sp³-hybridized carbons (Fsp3) is 0.889. The average Bonchev–Trinajstić information content (AvgIpc) is 2.42. The number of amides is 2. The van der Waals surface area contributed by atoms with E-state index in [2.05, 4.69) is 5.32 Å². The van der Waals surface area contributed by atoms with Gasteiger partial charge in [-0.15, -0.1) is 11.6 Å². The van der Waals surface area contributed by atoms with Crippen LogP contribution in [0.25, 0.3) is 0 Å². The predicted octanol–water partition coefficient (Wildman–Crippen LogP) is 1.81. The smallest absolute Gasteiger partial charge is 0.317 e. The van der Waals surface area contributed by atoms with Crippen molar-refractivity contribution in [1.29, 1.82) is 0 Å². The number of nitrogens with one attached hydrogen (secondary N) is 1. The molecule has 76 valence electrons. The largest absolute Gasteiger partial charge is 0.337 e. The molecule has 1 N–H and O–H groups in total. The predicted molar refractivity (Wildman–Crippen MR) is 54.2 cm³/mol. The number of carbonyl (C=O) groups excluding carboxylic acids is 1. The molecule has 3 nitrogen and oxygen atoms in total. The van der Waals surface area contributed by atoms with Crippen LogP contribution in [0, 0.1) is 0 Å². The Morgan fingerprint density at radius 3 is 2.38 bits per heavy atom. The van der Waals surface area contributed by atoms with Crippen molar-refractivity contribution in [2.75, 3.05) is 25.5 Å². The molecule has 0 radical (unpaired) electrons. The minimum Gasteiger partial charge on any atom is -0.337 e. The third kappa shape index (κ3) is 3.85. The van der Waals surface area contributed by atoms with Crippen molar-refractivity contribution in [3.05, 3.63) is 0 Å². The molecule has 0 atom stereocenters. The Morgan fingerprint density at radius 2 is 1.85 bits per heavy atom. The number of hydrogen-bond donors (Lipinski definition) is 1. The van der Waals surface area contributed by atoms with Gasteiger partial charge in [0.05, 0.1) is 0 Å². The molecular formula is C9H17ClN2O. The second kappa shape index (κ2) is 6.08. The van der Waals surface area contributed by atoms with Gasteiger partial charge in [0.1, 0.15) is 0 Å². The maximum Gasteiger partial charge on any atom is 0.317 e. The molecule has 0 aromatic heterocycles. The molecule has 1 saturated heterocycles. The van der Waals surface area contributed by atoms with E-state index in [-0.39, 0.29) is 6.03 Å². The summed E-state index contributed by atoms with van der Waals surface area (Å²) >= 11 is 5.48. The summed E-state index contributed by atoms with van der Waals surface area (Å²) in [5.41, 5.74) is 0. The summed E-state index contributed by atoms with van der Waals surface area (Å²) in [6.45, 7) is 2.36. The molecule has 1 heterocycles. The van der Waals surface area contributed by atoms with Crippen molar-refractivity contribution in [3.8, 4) is 0 Å². The van der Waals surface area contributed by atoms with E-state index in [0.29, 0.717) is 12.4 Å². The second-order valence-electron chi connectivity index (χ2n) is 3.32. The highest BCUT2D eigenvalue weighted by atomic mass is 35.5. The molecule has 0 spiro atoms. The molecule has 13 heavy (non-hydrogen) atoms. The topological polar surface area (TPSA) is 32.3 Å². The third-order valence-electron chi connectivity index (χ3n) is 2.26. The molecule has 1 fully saturated rings. The zero-order valence-electron chi connectivity index (χ0n) is 7.89. The second-order valence-corrected chi connectivity index (χ2v) is 3.70. The molecule has 2 amide bonds. The van der Waals surface area contributed by atoms with Gasteiger partial charge in [-0.3, -0.25) is 0 Å². The summed E-state index contributed by atoms with van der Waals surface area (Å²) in [4.78, 5) is 13.4. The highest BCUT2D eigenvalue weighted by molar-refractivity contribution is 6.18. The minimum atomic E-state index is 0.0440. The van der Waals surface area contributed by atoms with E-state index in [4.69, 9.17) is 11.6 Å². The quantitative estimate of drug-likeness (QED) is 0.684. The number of nitrogens with zero attached hydrogens (tertiary/aromatic N) is 1. The van der Waals surface area contributed by atoms with Gasteiger partial charge in [-0.1, -0.05) is 12.8 Å². The Bertz CT molecular complexity index is 156. The number of rotatable bonds is 2. The van der Waals surface area contributed by atoms with E-state index in [1.807, 2.05) is 4.90 Å². The van der Waals surface area contributed by atoms with Gasteiger partial charge >= 0.3 is 6.03 Å². The van der Waals surface area contributed by atoms with E-state index in [9.17, 15) is 4.79 Å². The summed E-state index contributed by atoms with van der Waals surface area (Å²) in [6, 6.07) is 0.0440. The minimum absolute atomic E-state index is 0.0440. The van der Waals surface area contributed by atoms with E-state index < -0.39 is 0 Å². The Hall–Kier alpha value is -0.440. The SMILES string of the molecule is O=C(NCCCl)N1CCCCCC1. The lowest BCUT2D eigenvalue weighted by molar-refractivity contribution is 0.200. The monoisotopic (exact) mass is 204 g/mol. The first-order valence-corrected chi connectivity index (χ1v) is 5.47. The lowest BCUT2D eigenvalue weighted by Crippen LogP contribution is -2.41. The van der Waals surface area contributed by atoms with Crippen LogP contribution in [0.4, 0.5) is 4.79 Å². The van der Waals surface area contributed by atoms with E-state index >= 15 is 0 Å². The Morgan fingerprint density at radius 1 is 1.23 bits per heavy atom. The van der Waals surface area contributed by atoms with E-state index in [1.165, 1.54) is 12.8 Å². The molecule has 4 heteroatoms. The molecule has 1 aliphatic rings. The van der Waals surface area contributed by atoms with Crippen molar-refractivity contribution in [3.63, 3.8) is 0 Å². The number of hydrogen-bond acceptors (Lipinski definition) is 1. The van der Waals surface area contributed by atoms with Crippen molar-refractivity contribution in [2.24, 2.45) is 0 Å². The summed E-state index contributed by atoms with van der Waals surface area (Å²) < 4.78 is 0. The summed E-state index contributed by atoms with van der Waals surface area (Å²) in [6.07, 6.45) is 4.77. The summed E-state index contributed by atoms with van der Waals surface area (Å²) in [7, 11) is 0.